The van der Waals surface area contributed by atoms with Crippen LogP contribution in [0.4, 0.5) is 18.0 Å². The second-order valence-electron chi connectivity index (χ2n) is 2.06. The maximum absolute atomic E-state index is 12.0. The predicted molar refractivity (Wildman–Crippen MR) is 38.9 cm³/mol. The van der Waals surface area contributed by atoms with E-state index < -0.39 is 23.3 Å². The summed E-state index contributed by atoms with van der Waals surface area (Å²) in [6.45, 7) is 0. The Bertz CT molecular complexity index is 355. The number of alkyl halides is 3. The molecule has 0 saturated heterocycles. The minimum atomic E-state index is -4.61. The highest BCUT2D eigenvalue weighted by Gasteiger charge is 2.33. The van der Waals surface area contributed by atoms with Crippen LogP contribution in [0.3, 0.4) is 0 Å². The molecule has 1 heterocycles. The fourth-order valence-electron chi connectivity index (χ4n) is 0.620. The number of carbonyl (C=O) groups excluding carboxylic acids is 1. The van der Waals surface area contributed by atoms with Crippen LogP contribution < -0.4 is 4.74 Å². The molecule has 0 saturated carbocycles. The third-order valence-corrected chi connectivity index (χ3v) is 1.17. The molecule has 76 valence electrons. The Morgan fingerprint density at radius 2 is 2.14 bits per heavy atom. The van der Waals surface area contributed by atoms with Gasteiger partial charge in [-0.05, 0) is 6.07 Å². The number of rotatable bonds is 1. The van der Waals surface area contributed by atoms with E-state index >= 15 is 0 Å². The maximum Gasteiger partial charge on any atom is 0.433 e. The first-order chi connectivity index (χ1) is 6.39. The van der Waals surface area contributed by atoms with Gasteiger partial charge in [0.15, 0.2) is 5.69 Å². The van der Waals surface area contributed by atoms with Gasteiger partial charge in [0.2, 0.25) is 0 Å². The lowest BCUT2D eigenvalue weighted by Gasteiger charge is -2.05. The van der Waals surface area contributed by atoms with Crippen molar-refractivity contribution in [1.82, 2.24) is 9.97 Å². The molecule has 1 aromatic rings. The van der Waals surface area contributed by atoms with E-state index in [0.29, 0.717) is 6.07 Å². The Kier molecular flexibility index (Phi) is 2.90. The van der Waals surface area contributed by atoms with Gasteiger partial charge in [0.05, 0.1) is 0 Å². The SMILES string of the molecule is O=C(Cl)Oc1nccc(C(F)(F)F)n1. The van der Waals surface area contributed by atoms with Gasteiger partial charge in [-0.2, -0.15) is 18.2 Å². The summed E-state index contributed by atoms with van der Waals surface area (Å²) in [6, 6.07) is -0.0919. The van der Waals surface area contributed by atoms with Crippen molar-refractivity contribution in [2.75, 3.05) is 0 Å². The van der Waals surface area contributed by atoms with Crippen LogP contribution in [0.25, 0.3) is 0 Å². The van der Waals surface area contributed by atoms with Crippen molar-refractivity contribution in [3.8, 4) is 6.01 Å². The normalized spacial score (nSPS) is 11.1. The molecular formula is C6H2ClF3N2O2. The molecule has 1 aromatic heterocycles. The standard InChI is InChI=1S/C6H2ClF3N2O2/c7-4(13)14-5-11-2-1-3(12-5)6(8,9)10/h1-2H. The van der Waals surface area contributed by atoms with Crippen LogP contribution in [0.15, 0.2) is 12.3 Å². The van der Waals surface area contributed by atoms with Crippen molar-refractivity contribution < 1.29 is 22.7 Å². The molecule has 0 aromatic carbocycles. The van der Waals surface area contributed by atoms with Crippen molar-refractivity contribution >= 4 is 17.0 Å². The minimum Gasteiger partial charge on any atom is -0.378 e. The van der Waals surface area contributed by atoms with E-state index in [1.54, 1.807) is 0 Å². The third kappa shape index (κ3) is 2.84. The summed E-state index contributed by atoms with van der Waals surface area (Å²) in [5, 5.41) is 0. The molecule has 0 aliphatic carbocycles. The van der Waals surface area contributed by atoms with Crippen LogP contribution in [0.5, 0.6) is 6.01 Å². The van der Waals surface area contributed by atoms with Gasteiger partial charge in [-0.15, -0.1) is 0 Å². The number of hydrogen-bond donors (Lipinski definition) is 0. The van der Waals surface area contributed by atoms with Crippen LogP contribution in [-0.2, 0) is 6.18 Å². The molecule has 0 radical (unpaired) electrons. The van der Waals surface area contributed by atoms with E-state index in [1.807, 2.05) is 0 Å². The summed E-state index contributed by atoms with van der Waals surface area (Å²) < 4.78 is 40.2. The molecule has 0 atom stereocenters. The zero-order chi connectivity index (χ0) is 10.8. The molecule has 0 spiro atoms. The first-order valence-electron chi connectivity index (χ1n) is 3.17. The minimum absolute atomic E-state index is 0.644. The highest BCUT2D eigenvalue weighted by Crippen LogP contribution is 2.27. The summed E-state index contributed by atoms with van der Waals surface area (Å²) in [5.74, 6) is 0. The van der Waals surface area contributed by atoms with Crippen molar-refractivity contribution in [3.63, 3.8) is 0 Å². The van der Waals surface area contributed by atoms with Crippen LogP contribution in [0, 0.1) is 0 Å². The van der Waals surface area contributed by atoms with Crippen LogP contribution in [-0.4, -0.2) is 15.4 Å². The number of ether oxygens (including phenoxy) is 1. The zero-order valence-electron chi connectivity index (χ0n) is 6.38. The molecule has 0 aliphatic rings. The van der Waals surface area contributed by atoms with Crippen molar-refractivity contribution in [1.29, 1.82) is 0 Å². The Hall–Kier alpha value is -1.37. The Morgan fingerprint density at radius 3 is 2.64 bits per heavy atom. The second-order valence-corrected chi connectivity index (χ2v) is 2.37. The highest BCUT2D eigenvalue weighted by molar-refractivity contribution is 6.61. The van der Waals surface area contributed by atoms with Gasteiger partial charge >= 0.3 is 17.6 Å². The fourth-order valence-corrected chi connectivity index (χ4v) is 0.689. The van der Waals surface area contributed by atoms with Crippen molar-refractivity contribution in [3.05, 3.63) is 18.0 Å². The van der Waals surface area contributed by atoms with Gasteiger partial charge in [-0.1, -0.05) is 0 Å². The van der Waals surface area contributed by atoms with E-state index in [4.69, 9.17) is 11.6 Å². The number of halogens is 4. The molecule has 8 heteroatoms. The number of nitrogens with zero attached hydrogens (tertiary/aromatic N) is 2. The van der Waals surface area contributed by atoms with E-state index in [1.165, 1.54) is 0 Å². The zero-order valence-corrected chi connectivity index (χ0v) is 7.13. The monoisotopic (exact) mass is 226 g/mol. The summed E-state index contributed by atoms with van der Waals surface area (Å²) in [7, 11) is 0. The Morgan fingerprint density at radius 1 is 1.50 bits per heavy atom. The van der Waals surface area contributed by atoms with E-state index in [9.17, 15) is 18.0 Å². The average molecular weight is 227 g/mol. The summed E-state index contributed by atoms with van der Waals surface area (Å²) in [4.78, 5) is 16.3. The molecule has 4 nitrogen and oxygen atoms in total. The summed E-state index contributed by atoms with van der Waals surface area (Å²) in [5.41, 5.74) is -2.51. The third-order valence-electron chi connectivity index (χ3n) is 1.10. The van der Waals surface area contributed by atoms with Crippen molar-refractivity contribution in [2.24, 2.45) is 0 Å². The van der Waals surface area contributed by atoms with Crippen LogP contribution in [0.1, 0.15) is 5.69 Å². The topological polar surface area (TPSA) is 52.1 Å². The maximum atomic E-state index is 12.0. The van der Waals surface area contributed by atoms with Gasteiger partial charge in [0.25, 0.3) is 0 Å². The molecule has 0 amide bonds. The van der Waals surface area contributed by atoms with E-state index in [2.05, 4.69) is 14.7 Å². The first-order valence-corrected chi connectivity index (χ1v) is 3.55. The van der Waals surface area contributed by atoms with Crippen LogP contribution in [0.2, 0.25) is 0 Å². The smallest absolute Gasteiger partial charge is 0.378 e. The molecule has 14 heavy (non-hydrogen) atoms. The molecule has 0 N–H and O–H groups in total. The van der Waals surface area contributed by atoms with E-state index in [0.717, 1.165) is 6.20 Å². The van der Waals surface area contributed by atoms with Crippen LogP contribution >= 0.6 is 11.6 Å². The first kappa shape index (κ1) is 10.7. The number of carbonyl (C=O) groups is 1. The predicted octanol–water partition coefficient (Wildman–Crippen LogP) is 2.23. The lowest BCUT2D eigenvalue weighted by Crippen LogP contribution is -2.10. The summed E-state index contributed by atoms with van der Waals surface area (Å²) in [6.07, 6.45) is -3.80. The quantitative estimate of drug-likeness (QED) is 0.689. The Labute approximate surface area is 80.7 Å². The lowest BCUT2D eigenvalue weighted by molar-refractivity contribution is -0.141. The molecule has 0 fully saturated rings. The van der Waals surface area contributed by atoms with Crippen molar-refractivity contribution in [2.45, 2.75) is 6.18 Å². The largest absolute Gasteiger partial charge is 0.433 e. The van der Waals surface area contributed by atoms with Gasteiger partial charge in [0.1, 0.15) is 0 Å². The molecule has 0 bridgehead atoms. The highest BCUT2D eigenvalue weighted by atomic mass is 35.5. The lowest BCUT2D eigenvalue weighted by atomic mass is 10.4. The van der Waals surface area contributed by atoms with E-state index in [-0.39, 0.29) is 0 Å². The fraction of sp³-hybridized carbons (Fsp3) is 0.167. The number of hydrogen-bond acceptors (Lipinski definition) is 4. The summed E-state index contributed by atoms with van der Waals surface area (Å²) >= 11 is 4.76. The molecular weight excluding hydrogens is 225 g/mol. The average Bonchev–Trinajstić information content (AvgIpc) is 2.01. The van der Waals surface area contributed by atoms with Gasteiger partial charge in [-0.3, -0.25) is 0 Å². The number of aromatic nitrogens is 2. The second kappa shape index (κ2) is 3.79. The van der Waals surface area contributed by atoms with Gasteiger partial charge < -0.3 is 4.74 Å². The molecule has 0 aliphatic heterocycles. The van der Waals surface area contributed by atoms with Gasteiger partial charge in [0, 0.05) is 17.8 Å². The molecule has 1 rings (SSSR count). The van der Waals surface area contributed by atoms with Gasteiger partial charge in [-0.25, -0.2) is 9.78 Å². The Balaban J connectivity index is 2.95. The molecule has 0 unspecified atom stereocenters.